The Hall–Kier alpha value is -0.0400. The molecule has 84 valence electrons. The average molecular weight is 197 g/mol. The highest BCUT2D eigenvalue weighted by Gasteiger charge is 2.27. The summed E-state index contributed by atoms with van der Waals surface area (Å²) in [7, 11) is 2.12. The lowest BCUT2D eigenvalue weighted by Crippen LogP contribution is -2.39. The van der Waals surface area contributed by atoms with Crippen molar-refractivity contribution in [1.82, 2.24) is 5.32 Å². The molecule has 0 aromatic heterocycles. The van der Waals surface area contributed by atoms with Crippen LogP contribution in [0.2, 0.25) is 0 Å². The molecule has 1 nitrogen and oxygen atoms in total. The maximum atomic E-state index is 3.50. The van der Waals surface area contributed by atoms with Crippen LogP contribution in [-0.2, 0) is 0 Å². The summed E-state index contributed by atoms with van der Waals surface area (Å²) in [4.78, 5) is 0. The van der Waals surface area contributed by atoms with Gasteiger partial charge in [-0.05, 0) is 37.6 Å². The molecule has 1 heteroatoms. The van der Waals surface area contributed by atoms with Crippen LogP contribution in [0.1, 0.15) is 52.9 Å². The Bertz CT molecular complexity index is 145. The molecule has 0 heterocycles. The lowest BCUT2D eigenvalue weighted by atomic mass is 9.75. The van der Waals surface area contributed by atoms with Crippen molar-refractivity contribution in [3.05, 3.63) is 0 Å². The second kappa shape index (κ2) is 5.75. The van der Waals surface area contributed by atoms with Crippen LogP contribution in [0.25, 0.3) is 0 Å². The van der Waals surface area contributed by atoms with Gasteiger partial charge in [-0.25, -0.2) is 0 Å². The summed E-state index contributed by atoms with van der Waals surface area (Å²) in [5.41, 5.74) is 0. The van der Waals surface area contributed by atoms with Crippen LogP contribution in [0.15, 0.2) is 0 Å². The smallest absolute Gasteiger partial charge is 0.0115 e. The normalized spacial score (nSPS) is 30.6. The molecular weight excluding hydrogens is 170 g/mol. The van der Waals surface area contributed by atoms with Crippen LogP contribution < -0.4 is 5.32 Å². The first-order valence-corrected chi connectivity index (χ1v) is 6.36. The van der Waals surface area contributed by atoms with Gasteiger partial charge in [0, 0.05) is 6.04 Å². The fourth-order valence-corrected chi connectivity index (χ4v) is 3.07. The Labute approximate surface area is 89.7 Å². The highest BCUT2D eigenvalue weighted by molar-refractivity contribution is 4.82. The molecule has 1 saturated carbocycles. The highest BCUT2D eigenvalue weighted by atomic mass is 14.9. The summed E-state index contributed by atoms with van der Waals surface area (Å²) in [5.74, 6) is 2.74. The maximum absolute atomic E-state index is 3.50. The van der Waals surface area contributed by atoms with Crippen molar-refractivity contribution >= 4 is 0 Å². The molecule has 1 aliphatic rings. The van der Waals surface area contributed by atoms with Crippen molar-refractivity contribution in [2.45, 2.75) is 58.9 Å². The molecule has 1 aliphatic carbocycles. The van der Waals surface area contributed by atoms with Crippen molar-refractivity contribution in [2.24, 2.45) is 17.8 Å². The highest BCUT2D eigenvalue weighted by Crippen LogP contribution is 2.34. The molecule has 1 fully saturated rings. The SMILES string of the molecule is CCC1CCC(C(NC)C(C)C)CC1. The van der Waals surface area contributed by atoms with Crippen molar-refractivity contribution in [1.29, 1.82) is 0 Å². The van der Waals surface area contributed by atoms with E-state index < -0.39 is 0 Å². The summed E-state index contributed by atoms with van der Waals surface area (Å²) < 4.78 is 0. The molecule has 0 amide bonds. The van der Waals surface area contributed by atoms with Crippen LogP contribution in [0.5, 0.6) is 0 Å². The van der Waals surface area contributed by atoms with Crippen molar-refractivity contribution in [3.8, 4) is 0 Å². The third-order valence-electron chi connectivity index (χ3n) is 4.03. The third kappa shape index (κ3) is 2.98. The summed E-state index contributed by atoms with van der Waals surface area (Å²) >= 11 is 0. The molecule has 1 N–H and O–H groups in total. The molecule has 0 aromatic rings. The van der Waals surface area contributed by atoms with Gasteiger partial charge in [0.15, 0.2) is 0 Å². The Morgan fingerprint density at radius 3 is 2.07 bits per heavy atom. The quantitative estimate of drug-likeness (QED) is 0.728. The van der Waals surface area contributed by atoms with E-state index in [9.17, 15) is 0 Å². The lowest BCUT2D eigenvalue weighted by molar-refractivity contribution is 0.194. The zero-order chi connectivity index (χ0) is 10.6. The zero-order valence-electron chi connectivity index (χ0n) is 10.3. The molecule has 0 spiro atoms. The van der Waals surface area contributed by atoms with Crippen LogP contribution >= 0.6 is 0 Å². The van der Waals surface area contributed by atoms with Gasteiger partial charge < -0.3 is 5.32 Å². The van der Waals surface area contributed by atoms with Gasteiger partial charge in [0.05, 0.1) is 0 Å². The minimum absolute atomic E-state index is 0.743. The molecule has 0 aliphatic heterocycles. The number of nitrogens with one attached hydrogen (secondary N) is 1. The van der Waals surface area contributed by atoms with Gasteiger partial charge in [0.25, 0.3) is 0 Å². The standard InChI is InChI=1S/C13H27N/c1-5-11-6-8-12(9-7-11)13(14-4)10(2)3/h10-14H,5-9H2,1-4H3. The molecule has 14 heavy (non-hydrogen) atoms. The van der Waals surface area contributed by atoms with Gasteiger partial charge in [0.2, 0.25) is 0 Å². The van der Waals surface area contributed by atoms with Crippen LogP contribution in [0, 0.1) is 17.8 Å². The number of hydrogen-bond donors (Lipinski definition) is 1. The molecule has 0 radical (unpaired) electrons. The zero-order valence-corrected chi connectivity index (χ0v) is 10.3. The average Bonchev–Trinajstić information content (AvgIpc) is 2.19. The second-order valence-electron chi connectivity index (χ2n) is 5.25. The van der Waals surface area contributed by atoms with E-state index in [1.807, 2.05) is 0 Å². The lowest BCUT2D eigenvalue weighted by Gasteiger charge is -2.35. The van der Waals surface area contributed by atoms with Crippen molar-refractivity contribution < 1.29 is 0 Å². The Kier molecular flexibility index (Phi) is 4.94. The fourth-order valence-electron chi connectivity index (χ4n) is 3.07. The van der Waals surface area contributed by atoms with Gasteiger partial charge in [0.1, 0.15) is 0 Å². The van der Waals surface area contributed by atoms with E-state index in [0.29, 0.717) is 0 Å². The predicted molar refractivity (Wildman–Crippen MR) is 63.4 cm³/mol. The summed E-state index contributed by atoms with van der Waals surface area (Å²) in [6.45, 7) is 7.02. The summed E-state index contributed by atoms with van der Waals surface area (Å²) in [5, 5.41) is 3.50. The summed E-state index contributed by atoms with van der Waals surface area (Å²) in [6, 6.07) is 0.743. The number of hydrogen-bond acceptors (Lipinski definition) is 1. The van der Waals surface area contributed by atoms with E-state index in [1.165, 1.54) is 32.1 Å². The van der Waals surface area contributed by atoms with E-state index in [4.69, 9.17) is 0 Å². The van der Waals surface area contributed by atoms with E-state index in [2.05, 4.69) is 33.1 Å². The first-order chi connectivity index (χ1) is 6.69. The van der Waals surface area contributed by atoms with E-state index in [0.717, 1.165) is 23.8 Å². The molecule has 1 atom stereocenters. The van der Waals surface area contributed by atoms with Gasteiger partial charge in [-0.15, -0.1) is 0 Å². The van der Waals surface area contributed by atoms with Gasteiger partial charge in [-0.2, -0.15) is 0 Å². The first kappa shape index (κ1) is 12.0. The largest absolute Gasteiger partial charge is 0.316 e. The third-order valence-corrected chi connectivity index (χ3v) is 4.03. The Morgan fingerprint density at radius 2 is 1.71 bits per heavy atom. The molecule has 0 bridgehead atoms. The van der Waals surface area contributed by atoms with Crippen LogP contribution in [0.3, 0.4) is 0 Å². The fraction of sp³-hybridized carbons (Fsp3) is 1.00. The van der Waals surface area contributed by atoms with Crippen LogP contribution in [-0.4, -0.2) is 13.1 Å². The Morgan fingerprint density at radius 1 is 1.14 bits per heavy atom. The topological polar surface area (TPSA) is 12.0 Å². The molecule has 1 unspecified atom stereocenters. The molecule has 1 rings (SSSR count). The Balaban J connectivity index is 2.39. The minimum Gasteiger partial charge on any atom is -0.316 e. The predicted octanol–water partition coefficient (Wildman–Crippen LogP) is 3.45. The first-order valence-electron chi connectivity index (χ1n) is 6.36. The monoisotopic (exact) mass is 197 g/mol. The molecular formula is C13H27N. The second-order valence-corrected chi connectivity index (χ2v) is 5.25. The van der Waals surface area contributed by atoms with Gasteiger partial charge in [-0.1, -0.05) is 40.0 Å². The number of rotatable bonds is 4. The minimum atomic E-state index is 0.743. The van der Waals surface area contributed by atoms with Crippen molar-refractivity contribution in [3.63, 3.8) is 0 Å². The van der Waals surface area contributed by atoms with E-state index in [-0.39, 0.29) is 0 Å². The van der Waals surface area contributed by atoms with E-state index in [1.54, 1.807) is 0 Å². The molecule has 0 saturated heterocycles. The van der Waals surface area contributed by atoms with Gasteiger partial charge >= 0.3 is 0 Å². The van der Waals surface area contributed by atoms with Gasteiger partial charge in [-0.3, -0.25) is 0 Å². The van der Waals surface area contributed by atoms with Crippen molar-refractivity contribution in [2.75, 3.05) is 7.05 Å². The molecule has 0 aromatic carbocycles. The summed E-state index contributed by atoms with van der Waals surface area (Å²) in [6.07, 6.45) is 7.21. The van der Waals surface area contributed by atoms with E-state index >= 15 is 0 Å². The maximum Gasteiger partial charge on any atom is 0.0115 e. The van der Waals surface area contributed by atoms with Crippen LogP contribution in [0.4, 0.5) is 0 Å².